The number of nitrogens with zero attached hydrogens (tertiary/aromatic N) is 1. The van der Waals surface area contributed by atoms with Crippen LogP contribution in [0, 0.1) is 5.41 Å². The Morgan fingerprint density at radius 2 is 1.86 bits per heavy atom. The Balaban J connectivity index is 2.20. The summed E-state index contributed by atoms with van der Waals surface area (Å²) in [6.07, 6.45) is -4.11. The Bertz CT molecular complexity index is 960. The number of methoxy groups -OCH3 is 1. The molecule has 16 heteroatoms. The fourth-order valence-corrected chi connectivity index (χ4v) is 4.83. The molecule has 2 heterocycles. The number of hydrogen-bond acceptors (Lipinski definition) is 12. The summed E-state index contributed by atoms with van der Waals surface area (Å²) < 4.78 is 43.3. The van der Waals surface area contributed by atoms with Crippen LogP contribution in [0.4, 0.5) is 9.59 Å². The Morgan fingerprint density at radius 1 is 1.22 bits per heavy atom. The van der Waals surface area contributed by atoms with Crippen LogP contribution in [0.15, 0.2) is 0 Å². The zero-order chi connectivity index (χ0) is 27.5. The van der Waals surface area contributed by atoms with E-state index in [4.69, 9.17) is 23.0 Å². The summed E-state index contributed by atoms with van der Waals surface area (Å²) in [5.41, 5.74) is -4.52. The van der Waals surface area contributed by atoms with Crippen molar-refractivity contribution >= 4 is 37.9 Å². The van der Waals surface area contributed by atoms with Gasteiger partial charge in [-0.2, -0.15) is 4.90 Å². The standard InChI is InChI=1S/C20H31N2O13P/c1-18(2,3)34-17(28)22-16(27)31-10-20(22,15(25)26)11-33-36(29)32-9-19(4,5)13(35-36)14(24)21-8-7-12(23)30-6/h13H,7-11H2,1-6H3,(H,21,24)(H,25,26)/t13-,20-,36?/m0/s1. The summed E-state index contributed by atoms with van der Waals surface area (Å²) in [6, 6.07) is 0. The largest absolute Gasteiger partial charge is 0.479 e. The van der Waals surface area contributed by atoms with Crippen LogP contribution in [0.25, 0.3) is 0 Å². The first kappa shape index (κ1) is 29.5. The van der Waals surface area contributed by atoms with Crippen LogP contribution in [0.1, 0.15) is 41.0 Å². The van der Waals surface area contributed by atoms with Crippen molar-refractivity contribution in [2.24, 2.45) is 5.41 Å². The van der Waals surface area contributed by atoms with Gasteiger partial charge in [-0.3, -0.25) is 23.2 Å². The predicted octanol–water partition coefficient (Wildman–Crippen LogP) is 1.44. The second-order valence-corrected chi connectivity index (χ2v) is 11.4. The van der Waals surface area contributed by atoms with Crippen molar-refractivity contribution in [1.82, 2.24) is 10.2 Å². The van der Waals surface area contributed by atoms with Gasteiger partial charge in [0.05, 0.1) is 26.7 Å². The summed E-state index contributed by atoms with van der Waals surface area (Å²) in [5.74, 6) is -2.99. The van der Waals surface area contributed by atoms with Crippen LogP contribution >= 0.6 is 7.82 Å². The Kier molecular flexibility index (Phi) is 8.77. The maximum atomic E-state index is 13.2. The van der Waals surface area contributed by atoms with E-state index in [1.807, 2.05) is 0 Å². The van der Waals surface area contributed by atoms with Crippen molar-refractivity contribution in [2.75, 3.05) is 33.5 Å². The first-order valence-corrected chi connectivity index (χ1v) is 12.3. The van der Waals surface area contributed by atoms with Crippen LogP contribution in [0.3, 0.4) is 0 Å². The first-order chi connectivity index (χ1) is 16.5. The number of aliphatic carboxylic acids is 1. The molecule has 3 atom stereocenters. The van der Waals surface area contributed by atoms with Crippen LogP contribution in [0.5, 0.6) is 0 Å². The Morgan fingerprint density at radius 3 is 2.42 bits per heavy atom. The minimum absolute atomic E-state index is 0.0834. The van der Waals surface area contributed by atoms with E-state index in [0.717, 1.165) is 0 Å². The zero-order valence-electron chi connectivity index (χ0n) is 20.9. The van der Waals surface area contributed by atoms with Crippen LogP contribution in [0.2, 0.25) is 0 Å². The van der Waals surface area contributed by atoms with E-state index in [1.54, 1.807) is 13.8 Å². The lowest BCUT2D eigenvalue weighted by Crippen LogP contribution is -2.59. The molecule has 0 spiro atoms. The van der Waals surface area contributed by atoms with Gasteiger partial charge in [-0.1, -0.05) is 13.8 Å². The van der Waals surface area contributed by atoms with Crippen molar-refractivity contribution in [1.29, 1.82) is 0 Å². The van der Waals surface area contributed by atoms with Crippen molar-refractivity contribution in [3.8, 4) is 0 Å². The second-order valence-electron chi connectivity index (χ2n) is 9.79. The van der Waals surface area contributed by atoms with Gasteiger partial charge in [-0.15, -0.1) is 0 Å². The number of nitrogens with one attached hydrogen (secondary N) is 1. The third kappa shape index (κ3) is 6.72. The van der Waals surface area contributed by atoms with Crippen molar-refractivity contribution in [3.63, 3.8) is 0 Å². The number of carboxylic acids is 1. The zero-order valence-corrected chi connectivity index (χ0v) is 21.7. The molecule has 15 nitrogen and oxygen atoms in total. The molecule has 204 valence electrons. The smallest absolute Gasteiger partial charge is 0.475 e. The minimum atomic E-state index is -4.57. The molecule has 2 aliphatic heterocycles. The molecule has 0 saturated carbocycles. The maximum absolute atomic E-state index is 13.2. The van der Waals surface area contributed by atoms with Gasteiger partial charge in [0.25, 0.3) is 0 Å². The molecular weight excluding hydrogens is 507 g/mol. The summed E-state index contributed by atoms with van der Waals surface area (Å²) >= 11 is 0. The maximum Gasteiger partial charge on any atom is 0.475 e. The molecule has 36 heavy (non-hydrogen) atoms. The van der Waals surface area contributed by atoms with E-state index in [-0.39, 0.29) is 24.5 Å². The molecule has 0 bridgehead atoms. The van der Waals surface area contributed by atoms with Gasteiger partial charge >= 0.3 is 31.9 Å². The van der Waals surface area contributed by atoms with Crippen molar-refractivity contribution < 1.29 is 61.4 Å². The molecule has 2 saturated heterocycles. The van der Waals surface area contributed by atoms with Crippen LogP contribution < -0.4 is 5.32 Å². The number of carbonyl (C=O) groups is 5. The third-order valence-electron chi connectivity index (χ3n) is 5.11. The normalized spacial score (nSPS) is 27.7. The lowest BCUT2D eigenvalue weighted by Gasteiger charge is -2.40. The highest BCUT2D eigenvalue weighted by molar-refractivity contribution is 7.48. The van der Waals surface area contributed by atoms with E-state index < -0.39 is 73.7 Å². The van der Waals surface area contributed by atoms with Gasteiger partial charge in [0.2, 0.25) is 11.4 Å². The van der Waals surface area contributed by atoms with Crippen molar-refractivity contribution in [2.45, 2.75) is 58.3 Å². The average Bonchev–Trinajstić information content (AvgIpc) is 3.10. The highest BCUT2D eigenvalue weighted by atomic mass is 31.2. The summed E-state index contributed by atoms with van der Waals surface area (Å²) in [5, 5.41) is 12.3. The first-order valence-electron chi connectivity index (χ1n) is 10.8. The molecule has 2 aliphatic rings. The van der Waals surface area contributed by atoms with Gasteiger partial charge in [0.1, 0.15) is 12.2 Å². The molecule has 2 N–H and O–H groups in total. The van der Waals surface area contributed by atoms with Crippen LogP contribution in [-0.4, -0.2) is 90.8 Å². The van der Waals surface area contributed by atoms with Crippen molar-refractivity contribution in [3.05, 3.63) is 0 Å². The van der Waals surface area contributed by atoms with E-state index in [0.29, 0.717) is 0 Å². The second kappa shape index (κ2) is 10.7. The molecule has 0 aromatic rings. The molecule has 3 amide bonds. The lowest BCUT2D eigenvalue weighted by atomic mass is 9.87. The number of rotatable bonds is 8. The van der Waals surface area contributed by atoms with Gasteiger partial charge < -0.3 is 24.6 Å². The lowest BCUT2D eigenvalue weighted by molar-refractivity contribution is -0.152. The number of amides is 3. The number of ether oxygens (including phenoxy) is 3. The molecule has 0 aliphatic carbocycles. The quantitative estimate of drug-likeness (QED) is 0.256. The molecule has 0 aromatic carbocycles. The number of esters is 1. The molecule has 0 radical (unpaired) electrons. The molecule has 0 aromatic heterocycles. The fraction of sp³-hybridized carbons (Fsp3) is 0.750. The number of phosphoric acid groups is 1. The fourth-order valence-electron chi connectivity index (χ4n) is 3.13. The summed E-state index contributed by atoms with van der Waals surface area (Å²) in [7, 11) is -3.38. The minimum Gasteiger partial charge on any atom is -0.479 e. The topological polar surface area (TPSA) is 193 Å². The van der Waals surface area contributed by atoms with E-state index >= 15 is 0 Å². The Hall–Kier alpha value is -2.74. The Labute approximate surface area is 207 Å². The average molecular weight is 538 g/mol. The van der Waals surface area contributed by atoms with Gasteiger partial charge in [-0.25, -0.2) is 18.9 Å². The van der Waals surface area contributed by atoms with Crippen LogP contribution in [-0.2, 0) is 46.7 Å². The van der Waals surface area contributed by atoms with E-state index in [1.165, 1.54) is 27.9 Å². The number of phosphoric ester groups is 1. The molecule has 1 unspecified atom stereocenters. The summed E-state index contributed by atoms with van der Waals surface area (Å²) in [4.78, 5) is 61.1. The van der Waals surface area contributed by atoms with Gasteiger partial charge in [0.15, 0.2) is 6.10 Å². The highest BCUT2D eigenvalue weighted by Crippen LogP contribution is 2.57. The molecular formula is C20H31N2O13P. The number of cyclic esters (lactones) is 1. The summed E-state index contributed by atoms with van der Waals surface area (Å²) in [6.45, 7) is 5.44. The molecule has 2 fully saturated rings. The molecule has 2 rings (SSSR count). The number of carbonyl (C=O) groups excluding carboxylic acids is 4. The van der Waals surface area contributed by atoms with E-state index in [2.05, 4.69) is 10.1 Å². The van der Waals surface area contributed by atoms with Gasteiger partial charge in [0, 0.05) is 12.0 Å². The highest BCUT2D eigenvalue weighted by Gasteiger charge is 2.60. The monoisotopic (exact) mass is 538 g/mol. The number of carboxylic acid groups (broad SMARTS) is 1. The SMILES string of the molecule is COC(=O)CCNC(=O)[C@@H]1OP(=O)(OC[C@]2(C(=O)O)COC(=O)N2C(=O)OC(C)(C)C)OCC1(C)C. The predicted molar refractivity (Wildman–Crippen MR) is 118 cm³/mol. The number of imide groups is 1. The number of hydrogen-bond donors (Lipinski definition) is 2. The van der Waals surface area contributed by atoms with Gasteiger partial charge in [-0.05, 0) is 20.8 Å². The van der Waals surface area contributed by atoms with E-state index in [9.17, 15) is 33.6 Å². The third-order valence-corrected chi connectivity index (χ3v) is 6.47.